The maximum atomic E-state index is 11.2. The number of amides is 1. The first-order valence-electron chi connectivity index (χ1n) is 6.10. The summed E-state index contributed by atoms with van der Waals surface area (Å²) in [6.45, 7) is 8.82. The molecule has 1 heterocycles. The first-order valence-corrected chi connectivity index (χ1v) is 7.09. The number of primary amides is 1. The normalized spacial score (nSPS) is 19.6. The summed E-state index contributed by atoms with van der Waals surface area (Å²) in [7, 11) is 0. The molecule has 0 aromatic heterocycles. The number of nitrogens with zero attached hydrogens (tertiary/aromatic N) is 1. The van der Waals surface area contributed by atoms with E-state index in [9.17, 15) is 4.79 Å². The standard InChI is InChI=1S/C12H23N3OS/c1-5-12(6-2)7-14-10(17-8-12)15-11(3,4)9(13)16/h5-8H2,1-4H3,(H2,13,16)(H,14,15). The average Bonchev–Trinajstić information content (AvgIpc) is 2.30. The zero-order valence-corrected chi connectivity index (χ0v) is 12.0. The Bertz CT molecular complexity index is 322. The molecule has 0 unspecified atom stereocenters. The van der Waals surface area contributed by atoms with Gasteiger partial charge in [-0.15, -0.1) is 0 Å². The first-order chi connectivity index (χ1) is 7.85. The van der Waals surface area contributed by atoms with E-state index in [1.807, 2.05) is 0 Å². The second-order valence-electron chi connectivity index (χ2n) is 5.23. The Kier molecular flexibility index (Phi) is 4.47. The van der Waals surface area contributed by atoms with Gasteiger partial charge in [0.05, 0.1) is 0 Å². The van der Waals surface area contributed by atoms with Crippen LogP contribution >= 0.6 is 11.8 Å². The van der Waals surface area contributed by atoms with Crippen molar-refractivity contribution in [1.82, 2.24) is 5.32 Å². The third-order valence-corrected chi connectivity index (χ3v) is 4.87. The summed E-state index contributed by atoms with van der Waals surface area (Å²) in [6, 6.07) is 0. The predicted molar refractivity (Wildman–Crippen MR) is 74.2 cm³/mol. The van der Waals surface area contributed by atoms with Crippen molar-refractivity contribution < 1.29 is 4.79 Å². The topological polar surface area (TPSA) is 67.5 Å². The molecule has 1 aliphatic rings. The van der Waals surface area contributed by atoms with E-state index in [4.69, 9.17) is 5.73 Å². The SMILES string of the molecule is CCC1(CC)CN=C(NC(C)(C)C(N)=O)SC1. The minimum Gasteiger partial charge on any atom is -0.368 e. The maximum Gasteiger partial charge on any atom is 0.242 e. The molecule has 0 saturated carbocycles. The lowest BCUT2D eigenvalue weighted by atomic mass is 9.84. The number of amidine groups is 1. The molecular formula is C12H23N3OS. The smallest absolute Gasteiger partial charge is 0.242 e. The highest BCUT2D eigenvalue weighted by molar-refractivity contribution is 8.13. The van der Waals surface area contributed by atoms with Crippen LogP contribution in [0.3, 0.4) is 0 Å². The molecule has 0 bridgehead atoms. The van der Waals surface area contributed by atoms with Crippen LogP contribution < -0.4 is 11.1 Å². The molecule has 0 fully saturated rings. The molecule has 0 aromatic carbocycles. The predicted octanol–water partition coefficient (Wildman–Crippen LogP) is 1.75. The highest BCUT2D eigenvalue weighted by Gasteiger charge is 2.33. The van der Waals surface area contributed by atoms with Gasteiger partial charge in [0.2, 0.25) is 5.91 Å². The maximum absolute atomic E-state index is 11.2. The molecule has 1 amide bonds. The van der Waals surface area contributed by atoms with Gasteiger partial charge in [0.15, 0.2) is 5.17 Å². The molecule has 0 atom stereocenters. The van der Waals surface area contributed by atoms with E-state index < -0.39 is 5.54 Å². The van der Waals surface area contributed by atoms with Crippen molar-refractivity contribution in [2.24, 2.45) is 16.1 Å². The van der Waals surface area contributed by atoms with Crippen LogP contribution in [0.15, 0.2) is 4.99 Å². The fraction of sp³-hybridized carbons (Fsp3) is 0.833. The largest absolute Gasteiger partial charge is 0.368 e. The fourth-order valence-corrected chi connectivity index (χ4v) is 3.06. The second kappa shape index (κ2) is 5.29. The van der Waals surface area contributed by atoms with Crippen molar-refractivity contribution in [2.45, 2.75) is 46.1 Å². The van der Waals surface area contributed by atoms with E-state index in [0.717, 1.165) is 30.3 Å². The third-order valence-electron chi connectivity index (χ3n) is 3.61. The lowest BCUT2D eigenvalue weighted by Crippen LogP contribution is -2.53. The Balaban J connectivity index is 2.66. The Labute approximate surface area is 108 Å². The number of carbonyl (C=O) groups excluding carboxylic acids is 1. The van der Waals surface area contributed by atoms with Crippen LogP contribution in [-0.2, 0) is 4.79 Å². The molecule has 0 spiro atoms. The van der Waals surface area contributed by atoms with Gasteiger partial charge < -0.3 is 11.1 Å². The molecule has 0 saturated heterocycles. The van der Waals surface area contributed by atoms with E-state index in [0.29, 0.717) is 5.41 Å². The Morgan fingerprint density at radius 3 is 2.47 bits per heavy atom. The van der Waals surface area contributed by atoms with Gasteiger partial charge in [0.1, 0.15) is 5.54 Å². The quantitative estimate of drug-likeness (QED) is 0.806. The van der Waals surface area contributed by atoms with Gasteiger partial charge in [-0.3, -0.25) is 9.79 Å². The van der Waals surface area contributed by atoms with E-state index in [2.05, 4.69) is 24.2 Å². The van der Waals surface area contributed by atoms with Gasteiger partial charge in [-0.2, -0.15) is 0 Å². The van der Waals surface area contributed by atoms with Crippen LogP contribution in [0.1, 0.15) is 40.5 Å². The molecule has 0 aromatic rings. The van der Waals surface area contributed by atoms with Gasteiger partial charge in [0, 0.05) is 12.3 Å². The number of nitrogens with one attached hydrogen (secondary N) is 1. The van der Waals surface area contributed by atoms with E-state index in [1.54, 1.807) is 25.6 Å². The summed E-state index contributed by atoms with van der Waals surface area (Å²) >= 11 is 1.69. The van der Waals surface area contributed by atoms with Crippen molar-refractivity contribution in [1.29, 1.82) is 0 Å². The molecule has 1 rings (SSSR count). The summed E-state index contributed by atoms with van der Waals surface area (Å²) < 4.78 is 0. The van der Waals surface area contributed by atoms with Gasteiger partial charge in [0.25, 0.3) is 0 Å². The molecule has 17 heavy (non-hydrogen) atoms. The number of hydrogen-bond donors (Lipinski definition) is 2. The molecule has 3 N–H and O–H groups in total. The van der Waals surface area contributed by atoms with Gasteiger partial charge >= 0.3 is 0 Å². The molecule has 0 aliphatic carbocycles. The van der Waals surface area contributed by atoms with Crippen molar-refractivity contribution >= 4 is 22.8 Å². The number of rotatable bonds is 4. The van der Waals surface area contributed by atoms with Crippen molar-refractivity contribution in [3.63, 3.8) is 0 Å². The van der Waals surface area contributed by atoms with Crippen LogP contribution in [0.5, 0.6) is 0 Å². The molecule has 4 nitrogen and oxygen atoms in total. The van der Waals surface area contributed by atoms with E-state index in [1.165, 1.54) is 0 Å². The number of carbonyl (C=O) groups is 1. The first kappa shape index (κ1) is 14.4. The van der Waals surface area contributed by atoms with Gasteiger partial charge in [-0.1, -0.05) is 25.6 Å². The van der Waals surface area contributed by atoms with E-state index >= 15 is 0 Å². The van der Waals surface area contributed by atoms with Crippen LogP contribution in [0.2, 0.25) is 0 Å². The van der Waals surface area contributed by atoms with Gasteiger partial charge in [-0.05, 0) is 32.1 Å². The minimum absolute atomic E-state index is 0.326. The summed E-state index contributed by atoms with van der Waals surface area (Å²) in [5.41, 5.74) is 4.92. The molecular weight excluding hydrogens is 234 g/mol. The third kappa shape index (κ3) is 3.37. The molecule has 1 aliphatic heterocycles. The molecule has 5 heteroatoms. The average molecular weight is 257 g/mol. The van der Waals surface area contributed by atoms with Crippen molar-refractivity contribution in [3.8, 4) is 0 Å². The Morgan fingerprint density at radius 2 is 2.12 bits per heavy atom. The van der Waals surface area contributed by atoms with Gasteiger partial charge in [-0.25, -0.2) is 0 Å². The van der Waals surface area contributed by atoms with Crippen LogP contribution in [0, 0.1) is 5.41 Å². The molecule has 98 valence electrons. The van der Waals surface area contributed by atoms with Crippen LogP contribution in [-0.4, -0.2) is 28.9 Å². The summed E-state index contributed by atoms with van der Waals surface area (Å²) in [6.07, 6.45) is 2.29. The summed E-state index contributed by atoms with van der Waals surface area (Å²) in [5.74, 6) is 0.698. The van der Waals surface area contributed by atoms with Crippen LogP contribution in [0.25, 0.3) is 0 Å². The van der Waals surface area contributed by atoms with Crippen molar-refractivity contribution in [2.75, 3.05) is 12.3 Å². The fourth-order valence-electron chi connectivity index (χ4n) is 1.63. The highest BCUT2D eigenvalue weighted by atomic mass is 32.2. The summed E-state index contributed by atoms with van der Waals surface area (Å²) in [4.78, 5) is 15.8. The Morgan fingerprint density at radius 1 is 1.53 bits per heavy atom. The zero-order valence-electron chi connectivity index (χ0n) is 11.2. The minimum atomic E-state index is -0.732. The van der Waals surface area contributed by atoms with E-state index in [-0.39, 0.29) is 5.91 Å². The Hall–Kier alpha value is -0.710. The molecule has 0 radical (unpaired) electrons. The highest BCUT2D eigenvalue weighted by Crippen LogP contribution is 2.35. The number of thioether (sulfide) groups is 1. The monoisotopic (exact) mass is 257 g/mol. The van der Waals surface area contributed by atoms with Crippen molar-refractivity contribution in [3.05, 3.63) is 0 Å². The number of hydrogen-bond acceptors (Lipinski definition) is 4. The number of nitrogens with two attached hydrogens (primary N) is 1. The summed E-state index contributed by atoms with van der Waals surface area (Å²) in [5, 5.41) is 3.96. The second-order valence-corrected chi connectivity index (χ2v) is 6.20. The zero-order chi connectivity index (χ0) is 13.1. The lowest BCUT2D eigenvalue weighted by Gasteiger charge is -2.35. The van der Waals surface area contributed by atoms with Crippen LogP contribution in [0.4, 0.5) is 0 Å². The number of aliphatic imine (C=N–C) groups is 1. The lowest BCUT2D eigenvalue weighted by molar-refractivity contribution is -0.122.